The van der Waals surface area contributed by atoms with Gasteiger partial charge in [0.15, 0.2) is 0 Å². The molecule has 1 fully saturated rings. The standard InChI is InChI=1S/C15H24N2O2/c1-12(2)19-15-5-3-13(4-6-15)16-8-7-14-11-18-10-9-17-14/h3-6,12,14,16-17H,7-11H2,1-2H3. The highest BCUT2D eigenvalue weighted by atomic mass is 16.5. The van der Waals surface area contributed by atoms with Crippen LogP contribution in [0.4, 0.5) is 5.69 Å². The number of rotatable bonds is 6. The summed E-state index contributed by atoms with van der Waals surface area (Å²) >= 11 is 0. The minimum Gasteiger partial charge on any atom is -0.491 e. The smallest absolute Gasteiger partial charge is 0.119 e. The molecule has 1 saturated heterocycles. The van der Waals surface area contributed by atoms with Crippen LogP contribution in [0.2, 0.25) is 0 Å². The summed E-state index contributed by atoms with van der Waals surface area (Å²) in [4.78, 5) is 0. The Morgan fingerprint density at radius 3 is 2.79 bits per heavy atom. The summed E-state index contributed by atoms with van der Waals surface area (Å²) in [6.45, 7) is 7.64. The zero-order valence-electron chi connectivity index (χ0n) is 11.8. The Kier molecular flexibility index (Phi) is 5.48. The van der Waals surface area contributed by atoms with Gasteiger partial charge in [-0.05, 0) is 44.5 Å². The summed E-state index contributed by atoms with van der Waals surface area (Å²) in [5, 5.41) is 6.87. The topological polar surface area (TPSA) is 42.5 Å². The van der Waals surface area contributed by atoms with E-state index in [1.807, 2.05) is 26.0 Å². The molecule has 0 bridgehead atoms. The van der Waals surface area contributed by atoms with Gasteiger partial charge in [0.25, 0.3) is 0 Å². The Morgan fingerprint density at radius 1 is 1.37 bits per heavy atom. The Morgan fingerprint density at radius 2 is 2.16 bits per heavy atom. The molecule has 1 aliphatic rings. The van der Waals surface area contributed by atoms with Crippen molar-refractivity contribution in [2.24, 2.45) is 0 Å². The molecule has 0 amide bonds. The lowest BCUT2D eigenvalue weighted by molar-refractivity contribution is 0.0753. The molecule has 1 atom stereocenters. The molecule has 4 heteroatoms. The largest absolute Gasteiger partial charge is 0.491 e. The monoisotopic (exact) mass is 264 g/mol. The maximum atomic E-state index is 5.61. The van der Waals surface area contributed by atoms with Gasteiger partial charge in [-0.15, -0.1) is 0 Å². The van der Waals surface area contributed by atoms with Crippen LogP contribution in [0.15, 0.2) is 24.3 Å². The van der Waals surface area contributed by atoms with Gasteiger partial charge in [0, 0.05) is 24.8 Å². The molecule has 1 aromatic rings. The van der Waals surface area contributed by atoms with Gasteiger partial charge in [-0.25, -0.2) is 0 Å². The summed E-state index contributed by atoms with van der Waals surface area (Å²) in [5.74, 6) is 0.919. The van der Waals surface area contributed by atoms with Gasteiger partial charge in [-0.1, -0.05) is 0 Å². The summed E-state index contributed by atoms with van der Waals surface area (Å²) < 4.78 is 11.0. The van der Waals surface area contributed by atoms with Crippen LogP contribution in [0.3, 0.4) is 0 Å². The molecule has 0 spiro atoms. The quantitative estimate of drug-likeness (QED) is 0.827. The third-order valence-corrected chi connectivity index (χ3v) is 3.05. The predicted molar refractivity (Wildman–Crippen MR) is 77.9 cm³/mol. The number of hydrogen-bond acceptors (Lipinski definition) is 4. The first kappa shape index (κ1) is 14.2. The van der Waals surface area contributed by atoms with E-state index in [0.717, 1.165) is 44.2 Å². The van der Waals surface area contributed by atoms with Crippen molar-refractivity contribution in [2.45, 2.75) is 32.4 Å². The fourth-order valence-electron chi connectivity index (χ4n) is 2.12. The van der Waals surface area contributed by atoms with Crippen LogP contribution in [-0.4, -0.2) is 38.4 Å². The highest BCUT2D eigenvalue weighted by Crippen LogP contribution is 2.16. The predicted octanol–water partition coefficient (Wildman–Crippen LogP) is 2.26. The van der Waals surface area contributed by atoms with E-state index in [1.54, 1.807) is 0 Å². The fourth-order valence-corrected chi connectivity index (χ4v) is 2.12. The summed E-state index contributed by atoms with van der Waals surface area (Å²) in [6, 6.07) is 8.60. The van der Waals surface area contributed by atoms with Crippen molar-refractivity contribution in [3.05, 3.63) is 24.3 Å². The summed E-state index contributed by atoms with van der Waals surface area (Å²) in [6.07, 6.45) is 1.29. The number of anilines is 1. The molecular weight excluding hydrogens is 240 g/mol. The molecule has 19 heavy (non-hydrogen) atoms. The maximum absolute atomic E-state index is 5.61. The molecular formula is C15H24N2O2. The van der Waals surface area contributed by atoms with Crippen LogP contribution < -0.4 is 15.4 Å². The second-order valence-corrected chi connectivity index (χ2v) is 5.13. The molecule has 1 aromatic carbocycles. The molecule has 0 aromatic heterocycles. The Bertz CT molecular complexity index is 359. The Hall–Kier alpha value is -1.26. The number of ether oxygens (including phenoxy) is 2. The van der Waals surface area contributed by atoms with Crippen molar-refractivity contribution in [3.8, 4) is 5.75 Å². The lowest BCUT2D eigenvalue weighted by Crippen LogP contribution is -2.42. The van der Waals surface area contributed by atoms with Crippen molar-refractivity contribution in [2.75, 3.05) is 31.6 Å². The fraction of sp³-hybridized carbons (Fsp3) is 0.600. The van der Waals surface area contributed by atoms with E-state index in [-0.39, 0.29) is 6.10 Å². The molecule has 0 aliphatic carbocycles. The van der Waals surface area contributed by atoms with Gasteiger partial charge < -0.3 is 20.1 Å². The minimum absolute atomic E-state index is 0.219. The van der Waals surface area contributed by atoms with Crippen molar-refractivity contribution >= 4 is 5.69 Å². The first-order chi connectivity index (χ1) is 9.24. The first-order valence-electron chi connectivity index (χ1n) is 7.06. The Balaban J connectivity index is 1.70. The van der Waals surface area contributed by atoms with Gasteiger partial charge in [0.1, 0.15) is 5.75 Å². The van der Waals surface area contributed by atoms with Crippen LogP contribution >= 0.6 is 0 Å². The van der Waals surface area contributed by atoms with Crippen LogP contribution in [0.25, 0.3) is 0 Å². The lowest BCUT2D eigenvalue weighted by atomic mass is 10.2. The van der Waals surface area contributed by atoms with E-state index in [1.165, 1.54) is 0 Å². The molecule has 2 rings (SSSR count). The first-order valence-corrected chi connectivity index (χ1v) is 7.06. The van der Waals surface area contributed by atoms with Crippen LogP contribution in [-0.2, 0) is 4.74 Å². The van der Waals surface area contributed by atoms with Crippen LogP contribution in [0, 0.1) is 0 Å². The number of nitrogens with one attached hydrogen (secondary N) is 2. The van der Waals surface area contributed by atoms with Gasteiger partial charge >= 0.3 is 0 Å². The normalized spacial score (nSPS) is 19.4. The molecule has 1 unspecified atom stereocenters. The zero-order valence-corrected chi connectivity index (χ0v) is 11.8. The average molecular weight is 264 g/mol. The van der Waals surface area contributed by atoms with Crippen molar-refractivity contribution < 1.29 is 9.47 Å². The van der Waals surface area contributed by atoms with Gasteiger partial charge in [0.2, 0.25) is 0 Å². The number of hydrogen-bond donors (Lipinski definition) is 2. The number of benzene rings is 1. The molecule has 1 heterocycles. The second kappa shape index (κ2) is 7.36. The van der Waals surface area contributed by atoms with Crippen LogP contribution in [0.5, 0.6) is 5.75 Å². The molecule has 106 valence electrons. The molecule has 0 radical (unpaired) electrons. The van der Waals surface area contributed by atoms with E-state index in [0.29, 0.717) is 6.04 Å². The molecule has 2 N–H and O–H groups in total. The molecule has 1 aliphatic heterocycles. The van der Waals surface area contributed by atoms with Crippen molar-refractivity contribution in [3.63, 3.8) is 0 Å². The third-order valence-electron chi connectivity index (χ3n) is 3.05. The highest BCUT2D eigenvalue weighted by molar-refractivity contribution is 5.46. The van der Waals surface area contributed by atoms with Gasteiger partial charge in [-0.2, -0.15) is 0 Å². The second-order valence-electron chi connectivity index (χ2n) is 5.13. The third kappa shape index (κ3) is 5.09. The SMILES string of the molecule is CC(C)Oc1ccc(NCCC2COCCN2)cc1. The molecule has 4 nitrogen and oxygen atoms in total. The van der Waals surface area contributed by atoms with E-state index in [9.17, 15) is 0 Å². The highest BCUT2D eigenvalue weighted by Gasteiger charge is 2.11. The van der Waals surface area contributed by atoms with E-state index >= 15 is 0 Å². The van der Waals surface area contributed by atoms with Gasteiger partial charge in [-0.3, -0.25) is 0 Å². The number of morpholine rings is 1. The lowest BCUT2D eigenvalue weighted by Gasteiger charge is -2.23. The molecule has 0 saturated carbocycles. The van der Waals surface area contributed by atoms with Crippen molar-refractivity contribution in [1.29, 1.82) is 0 Å². The van der Waals surface area contributed by atoms with Crippen LogP contribution in [0.1, 0.15) is 20.3 Å². The van der Waals surface area contributed by atoms with E-state index < -0.39 is 0 Å². The average Bonchev–Trinajstić information content (AvgIpc) is 2.41. The van der Waals surface area contributed by atoms with Crippen molar-refractivity contribution in [1.82, 2.24) is 5.32 Å². The van der Waals surface area contributed by atoms with Gasteiger partial charge in [0.05, 0.1) is 19.3 Å². The van der Waals surface area contributed by atoms with E-state index in [4.69, 9.17) is 9.47 Å². The summed E-state index contributed by atoms with van der Waals surface area (Å²) in [5.41, 5.74) is 1.13. The maximum Gasteiger partial charge on any atom is 0.119 e. The van der Waals surface area contributed by atoms with E-state index in [2.05, 4.69) is 22.8 Å². The Labute approximate surface area is 115 Å². The summed E-state index contributed by atoms with van der Waals surface area (Å²) in [7, 11) is 0. The minimum atomic E-state index is 0.219. The zero-order chi connectivity index (χ0) is 13.5.